The molecule has 1 unspecified atom stereocenters. The molecule has 0 aromatic heterocycles. The molecule has 16 heavy (non-hydrogen) atoms. The first kappa shape index (κ1) is 13.0. The molecule has 0 amide bonds. The van der Waals surface area contributed by atoms with E-state index in [0.717, 1.165) is 6.42 Å². The number of methoxy groups -OCH3 is 1. The van der Waals surface area contributed by atoms with Crippen LogP contribution in [0.5, 0.6) is 5.75 Å². The number of hydrogen-bond donors (Lipinski definition) is 1. The number of hydrogen-bond acceptors (Lipinski definition) is 3. The van der Waals surface area contributed by atoms with Crippen LogP contribution < -0.4 is 10.5 Å². The Labute approximate surface area is 99.4 Å². The minimum Gasteiger partial charge on any atom is -0.497 e. The topological polar surface area (TPSA) is 52.3 Å². The van der Waals surface area contributed by atoms with Crippen molar-refractivity contribution in [3.8, 4) is 5.75 Å². The zero-order valence-electron chi connectivity index (χ0n) is 10.0. The van der Waals surface area contributed by atoms with Gasteiger partial charge >= 0.3 is 0 Å². The Morgan fingerprint density at radius 2 is 2.12 bits per heavy atom. The molecule has 0 spiro atoms. The third-order valence-corrected chi connectivity index (χ3v) is 3.80. The van der Waals surface area contributed by atoms with Gasteiger partial charge in [0, 0.05) is 11.4 Å². The van der Waals surface area contributed by atoms with Gasteiger partial charge in [-0.3, -0.25) is 4.21 Å². The summed E-state index contributed by atoms with van der Waals surface area (Å²) in [7, 11) is 0.557. The Balaban J connectivity index is 2.81. The van der Waals surface area contributed by atoms with Gasteiger partial charge < -0.3 is 10.5 Å². The van der Waals surface area contributed by atoms with Gasteiger partial charge in [-0.2, -0.15) is 0 Å². The van der Waals surface area contributed by atoms with E-state index >= 15 is 0 Å². The minimum absolute atomic E-state index is 0.552. The summed E-state index contributed by atoms with van der Waals surface area (Å²) >= 11 is 0. The molecule has 0 bridgehead atoms. The molecule has 1 rings (SSSR count). The smallest absolute Gasteiger partial charge is 0.120 e. The van der Waals surface area contributed by atoms with E-state index in [1.54, 1.807) is 25.3 Å². The molecule has 0 aliphatic rings. The molecule has 0 saturated heterocycles. The van der Waals surface area contributed by atoms with Crippen molar-refractivity contribution >= 4 is 16.5 Å². The lowest BCUT2D eigenvalue weighted by molar-refractivity contribution is 0.413. The third-order valence-electron chi connectivity index (χ3n) is 2.35. The Kier molecular flexibility index (Phi) is 4.80. The SMILES string of the molecule is COc1ccc(N)c(S(=O)CCC(C)C)c1. The van der Waals surface area contributed by atoms with Crippen molar-refractivity contribution in [3.05, 3.63) is 18.2 Å². The zero-order valence-corrected chi connectivity index (χ0v) is 10.8. The largest absolute Gasteiger partial charge is 0.497 e. The van der Waals surface area contributed by atoms with Gasteiger partial charge in [-0.25, -0.2) is 0 Å². The Bertz CT molecular complexity index is 377. The molecule has 0 saturated carbocycles. The molecule has 0 aliphatic carbocycles. The fourth-order valence-electron chi connectivity index (χ4n) is 1.29. The highest BCUT2D eigenvalue weighted by Gasteiger charge is 2.10. The van der Waals surface area contributed by atoms with Crippen molar-refractivity contribution in [3.63, 3.8) is 0 Å². The first-order chi connectivity index (χ1) is 7.54. The van der Waals surface area contributed by atoms with Crippen LogP contribution in [0, 0.1) is 5.92 Å². The van der Waals surface area contributed by atoms with Crippen LogP contribution in [-0.4, -0.2) is 17.1 Å². The number of anilines is 1. The summed E-state index contributed by atoms with van der Waals surface area (Å²) in [5.41, 5.74) is 6.37. The first-order valence-electron chi connectivity index (χ1n) is 5.36. The second-order valence-corrected chi connectivity index (χ2v) is 5.68. The van der Waals surface area contributed by atoms with E-state index in [0.29, 0.717) is 28.0 Å². The Morgan fingerprint density at radius 1 is 1.44 bits per heavy atom. The van der Waals surface area contributed by atoms with Gasteiger partial charge in [0.15, 0.2) is 0 Å². The average Bonchev–Trinajstić information content (AvgIpc) is 2.26. The van der Waals surface area contributed by atoms with E-state index in [9.17, 15) is 4.21 Å². The van der Waals surface area contributed by atoms with Gasteiger partial charge in [-0.05, 0) is 30.5 Å². The fraction of sp³-hybridized carbons (Fsp3) is 0.500. The maximum Gasteiger partial charge on any atom is 0.120 e. The first-order valence-corrected chi connectivity index (χ1v) is 6.68. The molecule has 0 aliphatic heterocycles. The summed E-state index contributed by atoms with van der Waals surface area (Å²) in [6.07, 6.45) is 0.934. The van der Waals surface area contributed by atoms with Crippen LogP contribution in [-0.2, 0) is 10.8 Å². The Morgan fingerprint density at radius 3 is 2.69 bits per heavy atom. The van der Waals surface area contributed by atoms with E-state index in [2.05, 4.69) is 13.8 Å². The summed E-state index contributed by atoms with van der Waals surface area (Å²) in [5.74, 6) is 1.90. The van der Waals surface area contributed by atoms with Gasteiger partial charge in [0.2, 0.25) is 0 Å². The van der Waals surface area contributed by atoms with Crippen LogP contribution in [0.2, 0.25) is 0 Å². The Hall–Kier alpha value is -1.03. The highest BCUT2D eigenvalue weighted by atomic mass is 32.2. The highest BCUT2D eigenvalue weighted by Crippen LogP contribution is 2.23. The monoisotopic (exact) mass is 241 g/mol. The van der Waals surface area contributed by atoms with Crippen molar-refractivity contribution in [1.29, 1.82) is 0 Å². The highest BCUT2D eigenvalue weighted by molar-refractivity contribution is 7.85. The number of nitrogens with two attached hydrogens (primary N) is 1. The quantitative estimate of drug-likeness (QED) is 0.805. The van der Waals surface area contributed by atoms with Crippen molar-refractivity contribution in [2.24, 2.45) is 5.92 Å². The van der Waals surface area contributed by atoms with Crippen LogP contribution in [0.1, 0.15) is 20.3 Å². The third kappa shape index (κ3) is 3.52. The minimum atomic E-state index is -1.03. The van der Waals surface area contributed by atoms with Gasteiger partial charge in [0.05, 0.1) is 22.8 Å². The number of nitrogen functional groups attached to an aromatic ring is 1. The number of rotatable bonds is 5. The van der Waals surface area contributed by atoms with Crippen LogP contribution in [0.15, 0.2) is 23.1 Å². The molecule has 90 valence electrons. The van der Waals surface area contributed by atoms with Crippen LogP contribution >= 0.6 is 0 Å². The molecule has 3 nitrogen and oxygen atoms in total. The van der Waals surface area contributed by atoms with E-state index in [-0.39, 0.29) is 0 Å². The lowest BCUT2D eigenvalue weighted by atomic mass is 10.2. The summed E-state index contributed by atoms with van der Waals surface area (Å²) in [5, 5.41) is 0. The van der Waals surface area contributed by atoms with Crippen molar-refractivity contribution in [2.75, 3.05) is 18.6 Å². The molecule has 4 heteroatoms. The van der Waals surface area contributed by atoms with Gasteiger partial charge in [-0.15, -0.1) is 0 Å². The molecule has 0 fully saturated rings. The second-order valence-electron chi connectivity index (χ2n) is 4.14. The standard InChI is InChI=1S/C12H19NO2S/c1-9(2)6-7-16(14)12-8-10(15-3)4-5-11(12)13/h4-5,8-9H,6-7,13H2,1-3H3. The summed E-state index contributed by atoms with van der Waals surface area (Å²) in [6.45, 7) is 4.23. The van der Waals surface area contributed by atoms with E-state index in [1.807, 2.05) is 0 Å². The average molecular weight is 241 g/mol. The molecule has 0 radical (unpaired) electrons. The molecular weight excluding hydrogens is 222 g/mol. The van der Waals surface area contributed by atoms with Crippen LogP contribution in [0.4, 0.5) is 5.69 Å². The van der Waals surface area contributed by atoms with Gasteiger partial charge in [-0.1, -0.05) is 13.8 Å². The lowest BCUT2D eigenvalue weighted by Gasteiger charge is -2.09. The molecule has 1 aromatic carbocycles. The lowest BCUT2D eigenvalue weighted by Crippen LogP contribution is -2.05. The van der Waals surface area contributed by atoms with Crippen molar-refractivity contribution in [1.82, 2.24) is 0 Å². The maximum atomic E-state index is 12.0. The predicted molar refractivity (Wildman–Crippen MR) is 68.1 cm³/mol. The molecule has 0 heterocycles. The van der Waals surface area contributed by atoms with Crippen molar-refractivity contribution in [2.45, 2.75) is 25.2 Å². The second kappa shape index (κ2) is 5.89. The fourth-order valence-corrected chi connectivity index (χ4v) is 2.78. The van der Waals surface area contributed by atoms with Crippen LogP contribution in [0.3, 0.4) is 0 Å². The predicted octanol–water partition coefficient (Wildman–Crippen LogP) is 2.43. The molecule has 2 N–H and O–H groups in total. The summed E-state index contributed by atoms with van der Waals surface area (Å²) in [6, 6.07) is 5.27. The molecule has 1 aromatic rings. The van der Waals surface area contributed by atoms with E-state index in [1.165, 1.54) is 0 Å². The normalized spacial score (nSPS) is 12.8. The maximum absolute atomic E-state index is 12.0. The number of ether oxygens (including phenoxy) is 1. The molecular formula is C12H19NO2S. The summed E-state index contributed by atoms with van der Waals surface area (Å²) in [4.78, 5) is 0.681. The van der Waals surface area contributed by atoms with Crippen LogP contribution in [0.25, 0.3) is 0 Å². The number of benzene rings is 1. The van der Waals surface area contributed by atoms with E-state index < -0.39 is 10.8 Å². The van der Waals surface area contributed by atoms with Gasteiger partial charge in [0.25, 0.3) is 0 Å². The zero-order chi connectivity index (χ0) is 12.1. The molecule has 1 atom stereocenters. The van der Waals surface area contributed by atoms with E-state index in [4.69, 9.17) is 10.5 Å². The van der Waals surface area contributed by atoms with Crippen molar-refractivity contribution < 1.29 is 8.95 Å². The summed E-state index contributed by atoms with van der Waals surface area (Å²) < 4.78 is 17.1. The van der Waals surface area contributed by atoms with Gasteiger partial charge in [0.1, 0.15) is 5.75 Å².